The fraction of sp³-hybridized carbons (Fsp3) is 0.611. The Morgan fingerprint density at radius 3 is 2.54 bits per heavy atom. The second-order valence-corrected chi connectivity index (χ2v) is 6.42. The summed E-state index contributed by atoms with van der Waals surface area (Å²) in [5.74, 6) is 0.0755. The molecule has 2 rings (SSSR count). The van der Waals surface area contributed by atoms with E-state index in [-0.39, 0.29) is 31.2 Å². The predicted molar refractivity (Wildman–Crippen MR) is 94.4 cm³/mol. The molecule has 0 spiro atoms. The topological polar surface area (TPSA) is 65.9 Å². The predicted octanol–water partition coefficient (Wildman–Crippen LogP) is 3.58. The minimum atomic E-state index is -4.10. The van der Waals surface area contributed by atoms with Crippen molar-refractivity contribution in [3.63, 3.8) is 0 Å². The van der Waals surface area contributed by atoms with E-state index < -0.39 is 12.1 Å². The molecule has 3 N–H and O–H groups in total. The molecule has 0 radical (unpaired) electrons. The van der Waals surface area contributed by atoms with Crippen LogP contribution in [0.4, 0.5) is 13.2 Å². The van der Waals surface area contributed by atoms with Crippen molar-refractivity contribution in [1.29, 1.82) is 0 Å². The fourth-order valence-corrected chi connectivity index (χ4v) is 3.06. The van der Waals surface area contributed by atoms with Crippen molar-refractivity contribution >= 4 is 5.96 Å². The first-order chi connectivity index (χ1) is 12.3. The van der Waals surface area contributed by atoms with Crippen LogP contribution >= 0.6 is 0 Å². The van der Waals surface area contributed by atoms with E-state index in [2.05, 4.69) is 15.6 Å². The summed E-state index contributed by atoms with van der Waals surface area (Å²) in [6.07, 6.45) is -2.92. The van der Waals surface area contributed by atoms with E-state index in [9.17, 15) is 18.3 Å². The molecule has 0 atom stereocenters. The number of aliphatic imine (C=N–C) groups is 1. The third kappa shape index (κ3) is 5.71. The van der Waals surface area contributed by atoms with Crippen LogP contribution in [0.15, 0.2) is 23.2 Å². The number of phenols is 1. The standard InChI is InChI=1S/C18H26F3N3O2/c1-3-22-17(23-11-12-10-15(26-2)8-9-16(12)25)24-14-6-4-13(5-7-14)18(19,20)21/h8-10,13-14,25H,3-7,11H2,1-2H3,(H2,22,23,24). The second kappa shape index (κ2) is 9.00. The average Bonchev–Trinajstić information content (AvgIpc) is 2.60. The van der Waals surface area contributed by atoms with Crippen molar-refractivity contribution in [3.05, 3.63) is 23.8 Å². The molecule has 8 heteroatoms. The van der Waals surface area contributed by atoms with Crippen molar-refractivity contribution in [1.82, 2.24) is 10.6 Å². The number of halogens is 3. The van der Waals surface area contributed by atoms with Crippen LogP contribution in [0.25, 0.3) is 0 Å². The molecule has 5 nitrogen and oxygen atoms in total. The number of guanidine groups is 1. The molecular weight excluding hydrogens is 347 g/mol. The molecule has 26 heavy (non-hydrogen) atoms. The molecule has 0 bridgehead atoms. The first kappa shape index (κ1) is 20.2. The van der Waals surface area contributed by atoms with E-state index in [0.717, 1.165) is 0 Å². The molecule has 1 aliphatic carbocycles. The Kier molecular flexibility index (Phi) is 6.99. The summed E-state index contributed by atoms with van der Waals surface area (Å²) in [6, 6.07) is 4.87. The minimum absolute atomic E-state index is 0.0368. The number of methoxy groups -OCH3 is 1. The van der Waals surface area contributed by atoms with Gasteiger partial charge in [0.2, 0.25) is 0 Å². The van der Waals surface area contributed by atoms with Gasteiger partial charge in [-0.3, -0.25) is 0 Å². The molecule has 0 heterocycles. The van der Waals surface area contributed by atoms with Gasteiger partial charge in [0, 0.05) is 18.2 Å². The summed E-state index contributed by atoms with van der Waals surface area (Å²) >= 11 is 0. The van der Waals surface area contributed by atoms with Crippen LogP contribution in [0.1, 0.15) is 38.2 Å². The molecule has 0 aliphatic heterocycles. The highest BCUT2D eigenvalue weighted by Crippen LogP contribution is 2.37. The second-order valence-electron chi connectivity index (χ2n) is 6.42. The fourth-order valence-electron chi connectivity index (χ4n) is 3.06. The molecule has 0 saturated heterocycles. The average molecular weight is 373 g/mol. The van der Waals surface area contributed by atoms with E-state index in [4.69, 9.17) is 4.74 Å². The van der Waals surface area contributed by atoms with Gasteiger partial charge in [-0.05, 0) is 50.8 Å². The van der Waals surface area contributed by atoms with Crippen LogP contribution in [0.2, 0.25) is 0 Å². The first-order valence-corrected chi connectivity index (χ1v) is 8.81. The smallest absolute Gasteiger partial charge is 0.391 e. The van der Waals surface area contributed by atoms with Gasteiger partial charge in [-0.1, -0.05) is 0 Å². The number of ether oxygens (including phenoxy) is 1. The van der Waals surface area contributed by atoms with Crippen LogP contribution in [0.3, 0.4) is 0 Å². The Morgan fingerprint density at radius 2 is 1.96 bits per heavy atom. The maximum absolute atomic E-state index is 12.8. The molecule has 1 aromatic rings. The molecule has 1 aromatic carbocycles. The highest BCUT2D eigenvalue weighted by Gasteiger charge is 2.41. The zero-order valence-electron chi connectivity index (χ0n) is 15.1. The van der Waals surface area contributed by atoms with Gasteiger partial charge in [-0.2, -0.15) is 13.2 Å². The van der Waals surface area contributed by atoms with Gasteiger partial charge in [-0.15, -0.1) is 0 Å². The van der Waals surface area contributed by atoms with Crippen molar-refractivity contribution in [3.8, 4) is 11.5 Å². The van der Waals surface area contributed by atoms with Gasteiger partial charge in [0.1, 0.15) is 11.5 Å². The largest absolute Gasteiger partial charge is 0.508 e. The van der Waals surface area contributed by atoms with Crippen LogP contribution in [-0.4, -0.2) is 36.9 Å². The number of benzene rings is 1. The van der Waals surface area contributed by atoms with E-state index in [1.807, 2.05) is 6.92 Å². The number of nitrogens with zero attached hydrogens (tertiary/aromatic N) is 1. The minimum Gasteiger partial charge on any atom is -0.508 e. The third-order valence-electron chi connectivity index (χ3n) is 4.57. The first-order valence-electron chi connectivity index (χ1n) is 8.81. The zero-order valence-corrected chi connectivity index (χ0v) is 15.1. The summed E-state index contributed by atoms with van der Waals surface area (Å²) in [7, 11) is 1.54. The third-order valence-corrected chi connectivity index (χ3v) is 4.57. The Morgan fingerprint density at radius 1 is 1.27 bits per heavy atom. The molecular formula is C18H26F3N3O2. The Hall–Kier alpha value is -2.12. The van der Waals surface area contributed by atoms with Crippen molar-refractivity contribution in [2.45, 2.75) is 51.4 Å². The van der Waals surface area contributed by atoms with Crippen LogP contribution in [0.5, 0.6) is 11.5 Å². The maximum Gasteiger partial charge on any atom is 0.391 e. The normalized spacial score (nSPS) is 21.3. The Balaban J connectivity index is 1.97. The molecule has 0 amide bonds. The molecule has 1 fully saturated rings. The molecule has 146 valence electrons. The lowest BCUT2D eigenvalue weighted by atomic mass is 9.85. The van der Waals surface area contributed by atoms with Gasteiger partial charge < -0.3 is 20.5 Å². The number of aromatic hydroxyl groups is 1. The maximum atomic E-state index is 12.8. The molecule has 1 saturated carbocycles. The summed E-state index contributed by atoms with van der Waals surface area (Å²) in [5.41, 5.74) is 0.613. The van der Waals surface area contributed by atoms with E-state index in [1.54, 1.807) is 25.3 Å². The van der Waals surface area contributed by atoms with E-state index in [0.29, 0.717) is 36.7 Å². The van der Waals surface area contributed by atoms with Gasteiger partial charge in [0.05, 0.1) is 19.6 Å². The van der Waals surface area contributed by atoms with Gasteiger partial charge in [0.15, 0.2) is 5.96 Å². The number of hydrogen-bond acceptors (Lipinski definition) is 3. The van der Waals surface area contributed by atoms with Crippen LogP contribution < -0.4 is 15.4 Å². The van der Waals surface area contributed by atoms with Crippen molar-refractivity contribution in [2.75, 3.05) is 13.7 Å². The van der Waals surface area contributed by atoms with Gasteiger partial charge in [0.25, 0.3) is 0 Å². The highest BCUT2D eigenvalue weighted by atomic mass is 19.4. The molecule has 0 unspecified atom stereocenters. The number of phenolic OH excluding ortho intramolecular Hbond substituents is 1. The summed E-state index contributed by atoms with van der Waals surface area (Å²) in [4.78, 5) is 4.44. The number of alkyl halides is 3. The summed E-state index contributed by atoms with van der Waals surface area (Å²) in [5, 5.41) is 16.2. The number of hydrogen-bond donors (Lipinski definition) is 3. The van der Waals surface area contributed by atoms with Gasteiger partial charge in [-0.25, -0.2) is 4.99 Å². The lowest BCUT2D eigenvalue weighted by Crippen LogP contribution is -2.45. The van der Waals surface area contributed by atoms with E-state index in [1.165, 1.54) is 0 Å². The lowest BCUT2D eigenvalue weighted by molar-refractivity contribution is -0.182. The van der Waals surface area contributed by atoms with Crippen LogP contribution in [0, 0.1) is 5.92 Å². The Labute approximate surface area is 151 Å². The lowest BCUT2D eigenvalue weighted by Gasteiger charge is -2.31. The quantitative estimate of drug-likeness (QED) is 0.545. The van der Waals surface area contributed by atoms with Crippen molar-refractivity contribution in [2.24, 2.45) is 10.9 Å². The summed E-state index contributed by atoms with van der Waals surface area (Å²) < 4.78 is 43.4. The van der Waals surface area contributed by atoms with E-state index >= 15 is 0 Å². The Bertz CT molecular complexity index is 612. The SMILES string of the molecule is CCNC(=NCc1cc(OC)ccc1O)NC1CCC(C(F)(F)F)CC1. The summed E-state index contributed by atoms with van der Waals surface area (Å²) in [6.45, 7) is 2.78. The van der Waals surface area contributed by atoms with Crippen LogP contribution in [-0.2, 0) is 6.54 Å². The zero-order chi connectivity index (χ0) is 19.2. The van der Waals surface area contributed by atoms with Crippen molar-refractivity contribution < 1.29 is 23.0 Å². The number of nitrogens with one attached hydrogen (secondary N) is 2. The molecule has 0 aromatic heterocycles. The molecule has 1 aliphatic rings. The monoisotopic (exact) mass is 373 g/mol. The van der Waals surface area contributed by atoms with Gasteiger partial charge >= 0.3 is 6.18 Å². The highest BCUT2D eigenvalue weighted by molar-refractivity contribution is 5.80. The number of rotatable bonds is 5.